The Morgan fingerprint density at radius 3 is 2.31 bits per heavy atom. The molecular formula is C32H22ClNO5. The summed E-state index contributed by atoms with van der Waals surface area (Å²) < 4.78 is 17.5. The van der Waals surface area contributed by atoms with Crippen molar-refractivity contribution in [3.05, 3.63) is 147 Å². The highest BCUT2D eigenvalue weighted by molar-refractivity contribution is 6.35. The van der Waals surface area contributed by atoms with Crippen molar-refractivity contribution < 1.29 is 18.7 Å². The molecule has 0 bridgehead atoms. The summed E-state index contributed by atoms with van der Waals surface area (Å²) in [4.78, 5) is 27.9. The molecule has 2 heterocycles. The number of fused-ring (bicyclic) bond motifs is 3. The zero-order valence-corrected chi connectivity index (χ0v) is 21.6. The van der Waals surface area contributed by atoms with Gasteiger partial charge >= 0.3 is 5.63 Å². The van der Waals surface area contributed by atoms with Crippen LogP contribution in [0.5, 0.6) is 11.5 Å². The van der Waals surface area contributed by atoms with Crippen molar-refractivity contribution in [3.8, 4) is 11.5 Å². The number of hydrogen-bond acceptors (Lipinski definition) is 6. The molecule has 192 valence electrons. The lowest BCUT2D eigenvalue weighted by atomic mass is 9.80. The molecule has 6 nitrogen and oxygen atoms in total. The van der Waals surface area contributed by atoms with Crippen LogP contribution >= 0.6 is 11.6 Å². The molecule has 1 aliphatic rings. The molecule has 1 atom stereocenters. The van der Waals surface area contributed by atoms with Gasteiger partial charge in [-0.1, -0.05) is 66.2 Å². The second kappa shape index (κ2) is 10.2. The lowest BCUT2D eigenvalue weighted by molar-refractivity contribution is 0.102. The fraction of sp³-hybridized carbons (Fsp3) is 0.0625. The molecule has 0 amide bonds. The van der Waals surface area contributed by atoms with Gasteiger partial charge in [0.2, 0.25) is 5.88 Å². The number of para-hydroxylation sites is 2. The average molecular weight is 536 g/mol. The van der Waals surface area contributed by atoms with Crippen LogP contribution in [0.3, 0.4) is 0 Å². The molecule has 1 aliphatic heterocycles. The highest BCUT2D eigenvalue weighted by atomic mass is 35.5. The number of halogens is 1. The fourth-order valence-electron chi connectivity index (χ4n) is 4.83. The van der Waals surface area contributed by atoms with Crippen molar-refractivity contribution in [2.45, 2.75) is 5.92 Å². The van der Waals surface area contributed by atoms with Crippen molar-refractivity contribution in [2.24, 2.45) is 0 Å². The monoisotopic (exact) mass is 535 g/mol. The number of nitrogens with one attached hydrogen (secondary N) is 1. The van der Waals surface area contributed by atoms with Gasteiger partial charge in [0, 0.05) is 11.3 Å². The van der Waals surface area contributed by atoms with Gasteiger partial charge in [-0.15, -0.1) is 0 Å². The van der Waals surface area contributed by atoms with E-state index >= 15 is 0 Å². The molecule has 0 spiro atoms. The number of ether oxygens (including phenoxy) is 2. The Bertz CT molecular complexity index is 1790. The highest BCUT2D eigenvalue weighted by Gasteiger charge is 2.40. The van der Waals surface area contributed by atoms with Crippen molar-refractivity contribution in [1.82, 2.24) is 0 Å². The van der Waals surface area contributed by atoms with E-state index < -0.39 is 11.5 Å². The van der Waals surface area contributed by atoms with Crippen molar-refractivity contribution >= 4 is 34.0 Å². The fourth-order valence-corrected chi connectivity index (χ4v) is 5.05. The van der Waals surface area contributed by atoms with E-state index in [0.29, 0.717) is 38.7 Å². The molecule has 0 aliphatic carbocycles. The third kappa shape index (κ3) is 4.45. The van der Waals surface area contributed by atoms with Gasteiger partial charge in [-0.05, 0) is 54.1 Å². The molecular weight excluding hydrogens is 514 g/mol. The molecule has 7 heteroatoms. The third-order valence-electron chi connectivity index (χ3n) is 6.67. The number of benzene rings is 4. The van der Waals surface area contributed by atoms with Gasteiger partial charge in [-0.3, -0.25) is 4.79 Å². The molecule has 0 saturated carbocycles. The Kier molecular flexibility index (Phi) is 6.39. The molecule has 5 aromatic rings. The van der Waals surface area contributed by atoms with Gasteiger partial charge in [0.05, 0.1) is 34.6 Å². The summed E-state index contributed by atoms with van der Waals surface area (Å²) in [6.07, 6.45) is 0. The zero-order valence-electron chi connectivity index (χ0n) is 20.8. The van der Waals surface area contributed by atoms with Gasteiger partial charge in [-0.25, -0.2) is 4.79 Å². The Labute approximate surface area is 229 Å². The number of allylic oxidation sites excluding steroid dienone is 1. The number of anilines is 1. The number of Topliss-reactive ketones (excluding diaryl/α,β-unsaturated/α-hetero) is 1. The standard InChI is InChI=1S/C32H22ClNO5/c1-37-21-17-15-19(16-18-21)26-27(29(35)22-11-5-7-13-24(22)33)31(34-20-9-3-2-4-10-20)39-30-23-12-6-8-14-25(23)38-32(36)28(26)30/h2-18,26,34H,1H3. The first kappa shape index (κ1) is 24.5. The van der Waals surface area contributed by atoms with Gasteiger partial charge in [0.1, 0.15) is 11.3 Å². The summed E-state index contributed by atoms with van der Waals surface area (Å²) in [6, 6.07) is 30.6. The summed E-state index contributed by atoms with van der Waals surface area (Å²) in [6.45, 7) is 0. The first-order valence-corrected chi connectivity index (χ1v) is 12.7. The van der Waals surface area contributed by atoms with Crippen molar-refractivity contribution in [2.75, 3.05) is 12.4 Å². The van der Waals surface area contributed by atoms with E-state index in [2.05, 4.69) is 5.32 Å². The maximum absolute atomic E-state index is 14.3. The number of ketones is 1. The van der Waals surface area contributed by atoms with Crippen LogP contribution in [0.15, 0.2) is 124 Å². The normalized spacial score (nSPS) is 14.5. The molecule has 4 aromatic carbocycles. The maximum Gasteiger partial charge on any atom is 0.344 e. The molecule has 1 unspecified atom stereocenters. The van der Waals surface area contributed by atoms with Crippen LogP contribution in [0.2, 0.25) is 5.02 Å². The van der Waals surface area contributed by atoms with E-state index in [4.69, 9.17) is 25.5 Å². The molecule has 0 radical (unpaired) electrons. The van der Waals surface area contributed by atoms with E-state index in [1.54, 1.807) is 55.6 Å². The van der Waals surface area contributed by atoms with E-state index in [1.165, 1.54) is 0 Å². The smallest absolute Gasteiger partial charge is 0.344 e. The van der Waals surface area contributed by atoms with E-state index in [9.17, 15) is 9.59 Å². The Balaban J connectivity index is 1.67. The van der Waals surface area contributed by atoms with Crippen molar-refractivity contribution in [3.63, 3.8) is 0 Å². The number of carbonyl (C=O) groups is 1. The summed E-state index contributed by atoms with van der Waals surface area (Å²) in [5.41, 5.74) is 1.94. The predicted octanol–water partition coefficient (Wildman–Crippen LogP) is 7.19. The average Bonchev–Trinajstić information content (AvgIpc) is 2.97. The Morgan fingerprint density at radius 2 is 1.56 bits per heavy atom. The van der Waals surface area contributed by atoms with Crippen LogP contribution in [0.4, 0.5) is 5.69 Å². The van der Waals surface area contributed by atoms with Crippen molar-refractivity contribution in [1.29, 1.82) is 0 Å². The Hall–Kier alpha value is -4.81. The Morgan fingerprint density at radius 1 is 0.872 bits per heavy atom. The van der Waals surface area contributed by atoms with Crippen LogP contribution in [-0.2, 0) is 0 Å². The minimum absolute atomic E-state index is 0.204. The molecule has 0 fully saturated rings. The third-order valence-corrected chi connectivity index (χ3v) is 7.00. The van der Waals surface area contributed by atoms with E-state index in [0.717, 1.165) is 0 Å². The SMILES string of the molecule is COc1ccc(C2C(C(=O)c3ccccc3Cl)=C(Nc3ccccc3)Oc3c2c(=O)oc2ccccc32)cc1. The number of carbonyl (C=O) groups excluding carboxylic acids is 1. The van der Waals surface area contributed by atoms with Gasteiger partial charge in [-0.2, -0.15) is 0 Å². The summed E-state index contributed by atoms with van der Waals surface area (Å²) in [5.74, 6) is -0.0253. The van der Waals surface area contributed by atoms with Gasteiger partial charge in [0.15, 0.2) is 11.5 Å². The minimum atomic E-state index is -0.824. The highest BCUT2D eigenvalue weighted by Crippen LogP contribution is 2.46. The summed E-state index contributed by atoms with van der Waals surface area (Å²) in [5, 5.41) is 4.19. The first-order chi connectivity index (χ1) is 19.0. The summed E-state index contributed by atoms with van der Waals surface area (Å²) >= 11 is 6.49. The van der Waals surface area contributed by atoms with Crippen LogP contribution in [-0.4, -0.2) is 12.9 Å². The topological polar surface area (TPSA) is 77.8 Å². The molecule has 1 N–H and O–H groups in total. The van der Waals surface area contributed by atoms with Gasteiger partial charge < -0.3 is 19.2 Å². The number of hydrogen-bond donors (Lipinski definition) is 1. The molecule has 6 rings (SSSR count). The van der Waals surface area contributed by atoms with E-state index in [1.807, 2.05) is 54.6 Å². The largest absolute Gasteiger partial charge is 0.497 e. The number of rotatable bonds is 6. The van der Waals surface area contributed by atoms with Crippen LogP contribution in [0.25, 0.3) is 11.0 Å². The lowest BCUT2D eigenvalue weighted by Gasteiger charge is -2.30. The molecule has 1 aromatic heterocycles. The van der Waals surface area contributed by atoms with Crippen LogP contribution in [0, 0.1) is 0 Å². The first-order valence-electron chi connectivity index (χ1n) is 12.3. The van der Waals surface area contributed by atoms with Crippen LogP contribution in [0.1, 0.15) is 27.4 Å². The lowest BCUT2D eigenvalue weighted by Crippen LogP contribution is -2.30. The second-order valence-corrected chi connectivity index (χ2v) is 9.39. The molecule has 39 heavy (non-hydrogen) atoms. The number of methoxy groups -OCH3 is 1. The predicted molar refractivity (Wildman–Crippen MR) is 151 cm³/mol. The van der Waals surface area contributed by atoms with Gasteiger partial charge in [0.25, 0.3) is 0 Å². The quantitative estimate of drug-likeness (QED) is 0.183. The zero-order chi connectivity index (χ0) is 26.9. The molecule has 0 saturated heterocycles. The van der Waals surface area contributed by atoms with Crippen LogP contribution < -0.4 is 20.4 Å². The maximum atomic E-state index is 14.3. The summed E-state index contributed by atoms with van der Waals surface area (Å²) in [7, 11) is 1.58. The second-order valence-electron chi connectivity index (χ2n) is 8.98. The van der Waals surface area contributed by atoms with E-state index in [-0.39, 0.29) is 28.4 Å². The minimum Gasteiger partial charge on any atom is -0.497 e.